The molecule has 1 amide bonds. The maximum atomic E-state index is 12.4. The summed E-state index contributed by atoms with van der Waals surface area (Å²) in [4.78, 5) is 25.5. The number of rotatable bonds is 5. The average Bonchev–Trinajstić information content (AvgIpc) is 2.53. The molecule has 0 radical (unpaired) electrons. The molecule has 1 heterocycles. The van der Waals surface area contributed by atoms with Crippen molar-refractivity contribution in [3.63, 3.8) is 0 Å². The molecular weight excluding hydrogens is 347 g/mol. The fourth-order valence-electron chi connectivity index (χ4n) is 1.67. The van der Waals surface area contributed by atoms with Crippen molar-refractivity contribution in [1.29, 1.82) is 0 Å². The first-order valence-corrected chi connectivity index (χ1v) is 7.44. The molecule has 0 aliphatic carbocycles. The highest BCUT2D eigenvalue weighted by Crippen LogP contribution is 2.29. The molecule has 0 fully saturated rings. The van der Waals surface area contributed by atoms with Gasteiger partial charge in [0.15, 0.2) is 0 Å². The molecular formula is C14H10F3N3O3S. The number of aromatic nitrogens is 1. The van der Waals surface area contributed by atoms with Crippen LogP contribution in [-0.4, -0.2) is 21.6 Å². The molecule has 0 saturated carbocycles. The molecule has 10 heteroatoms. The SMILES string of the molecule is O=C(CSc1ccc(C(F)(F)F)cn1)Nc1cccc([N+](=O)[O-])c1. The Kier molecular flexibility index (Phi) is 5.39. The normalized spacial score (nSPS) is 11.1. The maximum absolute atomic E-state index is 12.4. The molecule has 126 valence electrons. The third-order valence-electron chi connectivity index (χ3n) is 2.76. The van der Waals surface area contributed by atoms with Crippen molar-refractivity contribution in [3.05, 3.63) is 58.3 Å². The number of hydrogen-bond acceptors (Lipinski definition) is 5. The number of nitrogens with zero attached hydrogens (tertiary/aromatic N) is 2. The van der Waals surface area contributed by atoms with Gasteiger partial charge in [-0.3, -0.25) is 14.9 Å². The monoisotopic (exact) mass is 357 g/mol. The van der Waals surface area contributed by atoms with E-state index in [1.807, 2.05) is 0 Å². The Hall–Kier alpha value is -2.62. The van der Waals surface area contributed by atoms with E-state index in [2.05, 4.69) is 10.3 Å². The van der Waals surface area contributed by atoms with Crippen molar-refractivity contribution in [2.75, 3.05) is 11.1 Å². The first-order valence-electron chi connectivity index (χ1n) is 6.46. The molecule has 6 nitrogen and oxygen atoms in total. The first-order chi connectivity index (χ1) is 11.3. The number of carbonyl (C=O) groups is 1. The largest absolute Gasteiger partial charge is 0.417 e. The average molecular weight is 357 g/mol. The molecule has 0 aliphatic heterocycles. The summed E-state index contributed by atoms with van der Waals surface area (Å²) in [7, 11) is 0. The molecule has 0 bridgehead atoms. The van der Waals surface area contributed by atoms with Crippen molar-refractivity contribution in [2.45, 2.75) is 11.2 Å². The van der Waals surface area contributed by atoms with Gasteiger partial charge in [-0.15, -0.1) is 0 Å². The minimum absolute atomic E-state index is 0.0962. The standard InChI is InChI=1S/C14H10F3N3O3S/c15-14(16,17)9-4-5-13(18-7-9)24-8-12(21)19-10-2-1-3-11(6-10)20(22)23/h1-7H,8H2,(H,19,21). The number of hydrogen-bond donors (Lipinski definition) is 1. The van der Waals surface area contributed by atoms with Gasteiger partial charge in [0.2, 0.25) is 5.91 Å². The topological polar surface area (TPSA) is 85.1 Å². The first kappa shape index (κ1) is 17.7. The zero-order valence-electron chi connectivity index (χ0n) is 11.9. The molecule has 1 aromatic carbocycles. The maximum Gasteiger partial charge on any atom is 0.417 e. The van der Waals surface area contributed by atoms with E-state index in [1.165, 1.54) is 30.3 Å². The summed E-state index contributed by atoms with van der Waals surface area (Å²) < 4.78 is 37.2. The summed E-state index contributed by atoms with van der Waals surface area (Å²) in [5.74, 6) is -0.552. The van der Waals surface area contributed by atoms with Gasteiger partial charge < -0.3 is 5.32 Å². The molecule has 0 unspecified atom stereocenters. The molecule has 0 saturated heterocycles. The van der Waals surface area contributed by atoms with Crippen LogP contribution in [0.25, 0.3) is 0 Å². The second kappa shape index (κ2) is 7.30. The predicted octanol–water partition coefficient (Wildman–Crippen LogP) is 3.74. The quantitative estimate of drug-likeness (QED) is 0.501. The van der Waals surface area contributed by atoms with E-state index < -0.39 is 22.6 Å². The van der Waals surface area contributed by atoms with Gasteiger partial charge in [-0.25, -0.2) is 4.98 Å². The van der Waals surface area contributed by atoms with Crippen LogP contribution in [0.3, 0.4) is 0 Å². The Morgan fingerprint density at radius 3 is 2.62 bits per heavy atom. The number of benzene rings is 1. The Bertz CT molecular complexity index is 751. The number of alkyl halides is 3. The van der Waals surface area contributed by atoms with Crippen molar-refractivity contribution in [2.24, 2.45) is 0 Å². The Morgan fingerprint density at radius 2 is 2.04 bits per heavy atom. The number of nitrogens with one attached hydrogen (secondary N) is 1. The number of nitro groups is 1. The Morgan fingerprint density at radius 1 is 1.29 bits per heavy atom. The molecule has 2 rings (SSSR count). The number of thioether (sulfide) groups is 1. The van der Waals surface area contributed by atoms with E-state index >= 15 is 0 Å². The Balaban J connectivity index is 1.91. The molecule has 0 atom stereocenters. The molecule has 0 spiro atoms. The van der Waals surface area contributed by atoms with Crippen LogP contribution in [0, 0.1) is 10.1 Å². The van der Waals surface area contributed by atoms with Gasteiger partial charge in [0.25, 0.3) is 5.69 Å². The lowest BCUT2D eigenvalue weighted by atomic mass is 10.3. The third-order valence-corrected chi connectivity index (χ3v) is 3.70. The summed E-state index contributed by atoms with van der Waals surface area (Å²) in [6.45, 7) is 0. The molecule has 0 aliphatic rings. The molecule has 24 heavy (non-hydrogen) atoms. The van der Waals surface area contributed by atoms with Crippen LogP contribution in [0.5, 0.6) is 0 Å². The number of halogens is 3. The van der Waals surface area contributed by atoms with Crippen LogP contribution in [0.15, 0.2) is 47.6 Å². The van der Waals surface area contributed by atoms with Crippen LogP contribution in [-0.2, 0) is 11.0 Å². The zero-order chi connectivity index (χ0) is 17.7. The van der Waals surface area contributed by atoms with Crippen molar-refractivity contribution < 1.29 is 22.9 Å². The van der Waals surface area contributed by atoms with E-state index in [-0.39, 0.29) is 22.2 Å². The molecule has 1 N–H and O–H groups in total. The van der Waals surface area contributed by atoms with Crippen LogP contribution in [0.4, 0.5) is 24.5 Å². The fraction of sp³-hybridized carbons (Fsp3) is 0.143. The highest BCUT2D eigenvalue weighted by Gasteiger charge is 2.30. The van der Waals surface area contributed by atoms with Crippen LogP contribution in [0.1, 0.15) is 5.56 Å². The number of carbonyl (C=O) groups excluding carboxylic acids is 1. The van der Waals surface area contributed by atoms with Gasteiger partial charge in [0.1, 0.15) is 0 Å². The van der Waals surface area contributed by atoms with E-state index in [4.69, 9.17) is 0 Å². The van der Waals surface area contributed by atoms with Gasteiger partial charge in [-0.05, 0) is 18.2 Å². The van der Waals surface area contributed by atoms with Gasteiger partial charge in [-0.1, -0.05) is 17.8 Å². The lowest BCUT2D eigenvalue weighted by Crippen LogP contribution is -2.14. The lowest BCUT2D eigenvalue weighted by Gasteiger charge is -2.07. The van der Waals surface area contributed by atoms with E-state index in [0.29, 0.717) is 6.20 Å². The van der Waals surface area contributed by atoms with E-state index in [0.717, 1.165) is 17.8 Å². The summed E-state index contributed by atoms with van der Waals surface area (Å²) in [6.07, 6.45) is -3.77. The number of pyridine rings is 1. The van der Waals surface area contributed by atoms with Crippen molar-refractivity contribution in [3.8, 4) is 0 Å². The van der Waals surface area contributed by atoms with E-state index in [9.17, 15) is 28.1 Å². The molecule has 2 aromatic rings. The summed E-state index contributed by atoms with van der Waals surface area (Å²) in [6, 6.07) is 7.47. The van der Waals surface area contributed by atoms with Gasteiger partial charge >= 0.3 is 6.18 Å². The highest BCUT2D eigenvalue weighted by atomic mass is 32.2. The van der Waals surface area contributed by atoms with Crippen molar-refractivity contribution in [1.82, 2.24) is 4.98 Å². The number of amides is 1. The second-order valence-electron chi connectivity index (χ2n) is 4.53. The van der Waals surface area contributed by atoms with Crippen LogP contribution >= 0.6 is 11.8 Å². The van der Waals surface area contributed by atoms with Crippen LogP contribution < -0.4 is 5.32 Å². The van der Waals surface area contributed by atoms with Gasteiger partial charge in [-0.2, -0.15) is 13.2 Å². The zero-order valence-corrected chi connectivity index (χ0v) is 12.7. The summed E-state index contributed by atoms with van der Waals surface area (Å²) in [5.41, 5.74) is -0.770. The highest BCUT2D eigenvalue weighted by molar-refractivity contribution is 7.99. The summed E-state index contributed by atoms with van der Waals surface area (Å²) in [5, 5.41) is 13.4. The fourth-order valence-corrected chi connectivity index (χ4v) is 2.31. The van der Waals surface area contributed by atoms with Gasteiger partial charge in [0.05, 0.1) is 21.3 Å². The molecule has 1 aromatic heterocycles. The summed E-state index contributed by atoms with van der Waals surface area (Å²) >= 11 is 0.953. The smallest absolute Gasteiger partial charge is 0.325 e. The predicted molar refractivity (Wildman–Crippen MR) is 81.7 cm³/mol. The lowest BCUT2D eigenvalue weighted by molar-refractivity contribution is -0.384. The van der Waals surface area contributed by atoms with E-state index in [1.54, 1.807) is 0 Å². The number of nitro benzene ring substituents is 1. The minimum atomic E-state index is -4.46. The number of non-ortho nitro benzene ring substituents is 1. The Labute approximate surface area is 138 Å². The second-order valence-corrected chi connectivity index (χ2v) is 5.52. The third kappa shape index (κ3) is 4.95. The number of anilines is 1. The van der Waals surface area contributed by atoms with Crippen LogP contribution in [0.2, 0.25) is 0 Å². The van der Waals surface area contributed by atoms with Gasteiger partial charge in [0, 0.05) is 24.0 Å². The van der Waals surface area contributed by atoms with Crippen molar-refractivity contribution >= 4 is 29.0 Å². The minimum Gasteiger partial charge on any atom is -0.325 e.